The quantitative estimate of drug-likeness (QED) is 0.725. The normalized spacial score (nSPS) is 10.4. The molecule has 7 nitrogen and oxygen atoms in total. The highest BCUT2D eigenvalue weighted by atomic mass is 16.2. The summed E-state index contributed by atoms with van der Waals surface area (Å²) in [5.41, 5.74) is 2.92. The van der Waals surface area contributed by atoms with E-state index >= 15 is 0 Å². The van der Waals surface area contributed by atoms with Crippen LogP contribution in [0.3, 0.4) is 0 Å². The zero-order valence-corrected chi connectivity index (χ0v) is 10.8. The fourth-order valence-electron chi connectivity index (χ4n) is 1.80. The number of hydrogen-bond donors (Lipinski definition) is 3. The van der Waals surface area contributed by atoms with E-state index in [1.54, 1.807) is 0 Å². The predicted octanol–water partition coefficient (Wildman–Crippen LogP) is 0.0823. The summed E-state index contributed by atoms with van der Waals surface area (Å²) < 4.78 is 0. The van der Waals surface area contributed by atoms with Crippen LogP contribution in [0.5, 0.6) is 0 Å². The fourth-order valence-corrected chi connectivity index (χ4v) is 1.80. The number of hydrogen-bond acceptors (Lipinski definition) is 4. The Morgan fingerprint density at radius 1 is 1.26 bits per heavy atom. The third-order valence-electron chi connectivity index (χ3n) is 2.85. The monoisotopic (exact) mass is 261 g/mol. The number of aromatic amines is 2. The second-order valence-corrected chi connectivity index (χ2v) is 4.22. The number of carbonyl (C=O) groups excluding carboxylic acids is 1. The Hall–Kier alpha value is -2.44. The standard InChI is InChI=1S/C12H15N5O2/c1-7-9(8(2)15-14-7)5-6-13-12(19)10-3-4-11(18)17-16-10/h3-4H,5-6H2,1-2H3,(H,13,19)(H,14,15)(H,17,18). The number of amides is 1. The van der Waals surface area contributed by atoms with Crippen molar-refractivity contribution in [1.82, 2.24) is 25.7 Å². The van der Waals surface area contributed by atoms with Crippen molar-refractivity contribution < 1.29 is 4.79 Å². The molecule has 2 heterocycles. The van der Waals surface area contributed by atoms with Crippen LogP contribution in [0, 0.1) is 13.8 Å². The van der Waals surface area contributed by atoms with Crippen LogP contribution in [0.1, 0.15) is 27.4 Å². The lowest BCUT2D eigenvalue weighted by atomic mass is 10.1. The van der Waals surface area contributed by atoms with Crippen molar-refractivity contribution in [2.75, 3.05) is 6.54 Å². The van der Waals surface area contributed by atoms with Gasteiger partial charge in [-0.1, -0.05) is 0 Å². The highest BCUT2D eigenvalue weighted by molar-refractivity contribution is 5.91. The molecule has 0 saturated heterocycles. The molecule has 0 aliphatic heterocycles. The molecule has 0 aliphatic rings. The maximum atomic E-state index is 11.7. The minimum atomic E-state index is -0.332. The summed E-state index contributed by atoms with van der Waals surface area (Å²) in [6, 6.07) is 2.66. The van der Waals surface area contributed by atoms with E-state index in [2.05, 4.69) is 25.7 Å². The van der Waals surface area contributed by atoms with Gasteiger partial charge in [0.2, 0.25) is 0 Å². The molecule has 2 aromatic rings. The maximum absolute atomic E-state index is 11.7. The molecule has 2 aromatic heterocycles. The number of carbonyl (C=O) groups is 1. The van der Waals surface area contributed by atoms with Crippen molar-refractivity contribution in [3.63, 3.8) is 0 Å². The van der Waals surface area contributed by atoms with Gasteiger partial charge in [0.05, 0.1) is 5.69 Å². The molecule has 2 rings (SSSR count). The predicted molar refractivity (Wildman–Crippen MR) is 69.0 cm³/mol. The highest BCUT2D eigenvalue weighted by Crippen LogP contribution is 2.09. The van der Waals surface area contributed by atoms with Crippen LogP contribution in [-0.4, -0.2) is 32.8 Å². The summed E-state index contributed by atoms with van der Waals surface area (Å²) in [6.07, 6.45) is 0.698. The van der Waals surface area contributed by atoms with Crippen LogP contribution < -0.4 is 10.9 Å². The largest absolute Gasteiger partial charge is 0.350 e. The minimum Gasteiger partial charge on any atom is -0.350 e. The summed E-state index contributed by atoms with van der Waals surface area (Å²) in [5.74, 6) is -0.310. The van der Waals surface area contributed by atoms with Crippen molar-refractivity contribution >= 4 is 5.91 Å². The zero-order chi connectivity index (χ0) is 13.8. The molecule has 0 radical (unpaired) electrons. The van der Waals surface area contributed by atoms with Crippen molar-refractivity contribution in [3.05, 3.63) is 45.1 Å². The Kier molecular flexibility index (Phi) is 3.74. The summed E-state index contributed by atoms with van der Waals surface area (Å²) in [5, 5.41) is 15.6. The SMILES string of the molecule is Cc1n[nH]c(C)c1CCNC(=O)c1ccc(=O)[nH]n1. The third kappa shape index (κ3) is 3.06. The first kappa shape index (κ1) is 13.0. The first-order chi connectivity index (χ1) is 9.08. The van der Waals surface area contributed by atoms with Crippen LogP contribution in [0.2, 0.25) is 0 Å². The second-order valence-electron chi connectivity index (χ2n) is 4.22. The van der Waals surface area contributed by atoms with Crippen LogP contribution in [-0.2, 0) is 6.42 Å². The minimum absolute atomic E-state index is 0.195. The van der Waals surface area contributed by atoms with Gasteiger partial charge in [0, 0.05) is 18.3 Å². The summed E-state index contributed by atoms with van der Waals surface area (Å²) in [4.78, 5) is 22.6. The highest BCUT2D eigenvalue weighted by Gasteiger charge is 2.09. The van der Waals surface area contributed by atoms with Crippen LogP contribution in [0.4, 0.5) is 0 Å². The average molecular weight is 261 g/mol. The van der Waals surface area contributed by atoms with Gasteiger partial charge in [0.1, 0.15) is 5.69 Å². The smallest absolute Gasteiger partial charge is 0.271 e. The van der Waals surface area contributed by atoms with Gasteiger partial charge in [-0.2, -0.15) is 10.2 Å². The van der Waals surface area contributed by atoms with Gasteiger partial charge in [0.25, 0.3) is 11.5 Å². The van der Waals surface area contributed by atoms with Crippen molar-refractivity contribution in [3.8, 4) is 0 Å². The molecule has 0 atom stereocenters. The van der Waals surface area contributed by atoms with Crippen LogP contribution in [0.15, 0.2) is 16.9 Å². The summed E-state index contributed by atoms with van der Waals surface area (Å²) in [6.45, 7) is 4.35. The van der Waals surface area contributed by atoms with Gasteiger partial charge < -0.3 is 5.32 Å². The molecule has 0 aromatic carbocycles. The molecule has 0 spiro atoms. The Morgan fingerprint density at radius 2 is 2.05 bits per heavy atom. The van der Waals surface area contributed by atoms with E-state index in [1.807, 2.05) is 13.8 Å². The number of aromatic nitrogens is 4. The van der Waals surface area contributed by atoms with Gasteiger partial charge in [-0.3, -0.25) is 14.7 Å². The Morgan fingerprint density at radius 3 is 2.63 bits per heavy atom. The van der Waals surface area contributed by atoms with E-state index in [9.17, 15) is 9.59 Å². The molecule has 7 heteroatoms. The molecule has 0 saturated carbocycles. The van der Waals surface area contributed by atoms with E-state index in [0.717, 1.165) is 17.0 Å². The number of H-pyrrole nitrogens is 2. The molecule has 0 bridgehead atoms. The van der Waals surface area contributed by atoms with Crippen LogP contribution in [0.25, 0.3) is 0 Å². The maximum Gasteiger partial charge on any atom is 0.271 e. The molecule has 19 heavy (non-hydrogen) atoms. The topological polar surface area (TPSA) is 104 Å². The fraction of sp³-hybridized carbons (Fsp3) is 0.333. The lowest BCUT2D eigenvalue weighted by Crippen LogP contribution is -2.27. The first-order valence-electron chi connectivity index (χ1n) is 5.92. The molecule has 0 fully saturated rings. The lowest BCUT2D eigenvalue weighted by Gasteiger charge is -2.04. The van der Waals surface area contributed by atoms with Crippen molar-refractivity contribution in [2.45, 2.75) is 20.3 Å². The van der Waals surface area contributed by atoms with Gasteiger partial charge in [-0.15, -0.1) is 0 Å². The molecule has 100 valence electrons. The van der Waals surface area contributed by atoms with E-state index < -0.39 is 0 Å². The zero-order valence-electron chi connectivity index (χ0n) is 10.8. The van der Waals surface area contributed by atoms with E-state index in [0.29, 0.717) is 13.0 Å². The number of rotatable bonds is 4. The molecular formula is C12H15N5O2. The average Bonchev–Trinajstić information content (AvgIpc) is 2.71. The van der Waals surface area contributed by atoms with Crippen molar-refractivity contribution in [1.29, 1.82) is 0 Å². The number of aryl methyl sites for hydroxylation is 2. The van der Waals surface area contributed by atoms with Crippen LogP contribution >= 0.6 is 0 Å². The Balaban J connectivity index is 1.91. The lowest BCUT2D eigenvalue weighted by molar-refractivity contribution is 0.0948. The molecule has 0 unspecified atom stereocenters. The second kappa shape index (κ2) is 5.47. The third-order valence-corrected chi connectivity index (χ3v) is 2.85. The van der Waals surface area contributed by atoms with Crippen molar-refractivity contribution in [2.24, 2.45) is 0 Å². The van der Waals surface area contributed by atoms with Gasteiger partial charge in [-0.05, 0) is 31.9 Å². The van der Waals surface area contributed by atoms with E-state index in [4.69, 9.17) is 0 Å². The molecular weight excluding hydrogens is 246 g/mol. The number of nitrogens with one attached hydrogen (secondary N) is 3. The molecule has 0 aliphatic carbocycles. The van der Waals surface area contributed by atoms with E-state index in [-0.39, 0.29) is 17.2 Å². The number of nitrogens with zero attached hydrogens (tertiary/aromatic N) is 2. The van der Waals surface area contributed by atoms with Gasteiger partial charge in [-0.25, -0.2) is 5.10 Å². The Bertz CT molecular complexity index is 604. The Labute approximate surface area is 109 Å². The molecule has 3 N–H and O–H groups in total. The first-order valence-corrected chi connectivity index (χ1v) is 5.92. The van der Waals surface area contributed by atoms with Gasteiger partial charge >= 0.3 is 0 Å². The van der Waals surface area contributed by atoms with Gasteiger partial charge in [0.15, 0.2) is 0 Å². The molecule has 1 amide bonds. The summed E-state index contributed by atoms with van der Waals surface area (Å²) in [7, 11) is 0. The summed E-state index contributed by atoms with van der Waals surface area (Å²) >= 11 is 0. The van der Waals surface area contributed by atoms with E-state index in [1.165, 1.54) is 12.1 Å².